The summed E-state index contributed by atoms with van der Waals surface area (Å²) in [4.78, 5) is 0. The first-order valence-electron chi connectivity index (χ1n) is 4.48. The zero-order valence-corrected chi connectivity index (χ0v) is 8.33. The third kappa shape index (κ3) is 2.86. The van der Waals surface area contributed by atoms with E-state index in [-0.39, 0.29) is 0 Å². The van der Waals surface area contributed by atoms with Crippen LogP contribution >= 0.6 is 0 Å². The number of hydrogen-bond acceptors (Lipinski definition) is 0. The van der Waals surface area contributed by atoms with E-state index in [1.165, 1.54) is 11.3 Å². The summed E-state index contributed by atoms with van der Waals surface area (Å²) in [6.07, 6.45) is 6.13. The van der Waals surface area contributed by atoms with E-state index in [2.05, 4.69) is 49.4 Å². The Labute approximate surface area is 80.0 Å². The van der Waals surface area contributed by atoms with Gasteiger partial charge in [0, 0.05) is 19.1 Å². The lowest BCUT2D eigenvalue weighted by atomic mass is 10.2. The standard InChI is InChI=1S/C12H16N/c1-4-11(2)8-10-13-9-6-5-7-12(13)3/h4-9H,1,10H2,2-3H3/q+1. The molecule has 0 aliphatic heterocycles. The van der Waals surface area contributed by atoms with Crippen LogP contribution in [0.4, 0.5) is 0 Å². The Morgan fingerprint density at radius 2 is 2.31 bits per heavy atom. The second kappa shape index (κ2) is 4.61. The predicted octanol–water partition coefficient (Wildman–Crippen LogP) is 2.41. The molecule has 0 atom stereocenters. The van der Waals surface area contributed by atoms with Crippen LogP contribution in [0.1, 0.15) is 12.6 Å². The number of aryl methyl sites for hydroxylation is 1. The van der Waals surface area contributed by atoms with Crippen LogP contribution in [0.25, 0.3) is 0 Å². The number of allylic oxidation sites excluding steroid dienone is 3. The Morgan fingerprint density at radius 3 is 2.92 bits per heavy atom. The third-order valence-electron chi connectivity index (χ3n) is 2.10. The van der Waals surface area contributed by atoms with Gasteiger partial charge < -0.3 is 0 Å². The highest BCUT2D eigenvalue weighted by molar-refractivity contribution is 5.11. The molecule has 0 aliphatic carbocycles. The smallest absolute Gasteiger partial charge is 0.178 e. The Morgan fingerprint density at radius 1 is 1.54 bits per heavy atom. The fraction of sp³-hybridized carbons (Fsp3) is 0.250. The molecule has 0 aliphatic rings. The first-order valence-corrected chi connectivity index (χ1v) is 4.48. The van der Waals surface area contributed by atoms with Gasteiger partial charge in [0.05, 0.1) is 0 Å². The summed E-state index contributed by atoms with van der Waals surface area (Å²) in [6, 6.07) is 6.21. The Hall–Kier alpha value is -1.37. The maximum Gasteiger partial charge on any atom is 0.178 e. The Bertz CT molecular complexity index is 324. The second-order valence-corrected chi connectivity index (χ2v) is 3.15. The average molecular weight is 174 g/mol. The molecule has 1 heterocycles. The van der Waals surface area contributed by atoms with Crippen molar-refractivity contribution in [1.29, 1.82) is 0 Å². The van der Waals surface area contributed by atoms with Gasteiger partial charge in [0.15, 0.2) is 18.4 Å². The zero-order chi connectivity index (χ0) is 9.68. The third-order valence-corrected chi connectivity index (χ3v) is 2.10. The van der Waals surface area contributed by atoms with E-state index in [1.807, 2.05) is 12.1 Å². The van der Waals surface area contributed by atoms with Crippen molar-refractivity contribution in [2.75, 3.05) is 0 Å². The van der Waals surface area contributed by atoms with Crippen molar-refractivity contribution in [3.8, 4) is 0 Å². The molecule has 0 aromatic carbocycles. The van der Waals surface area contributed by atoms with Crippen LogP contribution in [0, 0.1) is 6.92 Å². The van der Waals surface area contributed by atoms with Crippen LogP contribution in [0.15, 0.2) is 48.7 Å². The molecule has 0 saturated heterocycles. The monoisotopic (exact) mass is 174 g/mol. The van der Waals surface area contributed by atoms with Crippen LogP contribution in [-0.4, -0.2) is 0 Å². The molecule has 0 saturated carbocycles. The average Bonchev–Trinajstić information content (AvgIpc) is 2.16. The summed E-state index contributed by atoms with van der Waals surface area (Å²) >= 11 is 0. The normalized spacial score (nSPS) is 11.4. The van der Waals surface area contributed by atoms with Gasteiger partial charge in [-0.2, -0.15) is 4.57 Å². The molecule has 13 heavy (non-hydrogen) atoms. The summed E-state index contributed by atoms with van der Waals surface area (Å²) in [5.74, 6) is 0. The van der Waals surface area contributed by atoms with E-state index in [1.54, 1.807) is 0 Å². The number of aromatic nitrogens is 1. The quantitative estimate of drug-likeness (QED) is 0.489. The predicted molar refractivity (Wildman–Crippen MR) is 55.3 cm³/mol. The van der Waals surface area contributed by atoms with E-state index in [9.17, 15) is 0 Å². The fourth-order valence-electron chi connectivity index (χ4n) is 1.09. The summed E-state index contributed by atoms with van der Waals surface area (Å²) < 4.78 is 2.20. The van der Waals surface area contributed by atoms with E-state index in [0.717, 1.165) is 6.54 Å². The molecule has 0 N–H and O–H groups in total. The molecule has 0 radical (unpaired) electrons. The fourth-order valence-corrected chi connectivity index (χ4v) is 1.09. The lowest BCUT2D eigenvalue weighted by Gasteiger charge is -1.96. The first kappa shape index (κ1) is 9.72. The van der Waals surface area contributed by atoms with Crippen LogP contribution in [0.5, 0.6) is 0 Å². The van der Waals surface area contributed by atoms with E-state index in [0.29, 0.717) is 0 Å². The van der Waals surface area contributed by atoms with E-state index >= 15 is 0 Å². The molecule has 0 bridgehead atoms. The van der Waals surface area contributed by atoms with E-state index in [4.69, 9.17) is 0 Å². The highest BCUT2D eigenvalue weighted by atomic mass is 14.9. The lowest BCUT2D eigenvalue weighted by molar-refractivity contribution is -0.693. The van der Waals surface area contributed by atoms with Crippen molar-refractivity contribution in [2.45, 2.75) is 20.4 Å². The van der Waals surface area contributed by atoms with Gasteiger partial charge in [0.25, 0.3) is 0 Å². The van der Waals surface area contributed by atoms with Gasteiger partial charge in [-0.3, -0.25) is 0 Å². The minimum atomic E-state index is 0.921. The van der Waals surface area contributed by atoms with Crippen molar-refractivity contribution >= 4 is 0 Å². The maximum absolute atomic E-state index is 3.72. The lowest BCUT2D eigenvalue weighted by Crippen LogP contribution is -2.35. The van der Waals surface area contributed by atoms with Crippen molar-refractivity contribution < 1.29 is 4.57 Å². The largest absolute Gasteiger partial charge is 0.199 e. The zero-order valence-electron chi connectivity index (χ0n) is 8.33. The molecule has 68 valence electrons. The summed E-state index contributed by atoms with van der Waals surface area (Å²) in [7, 11) is 0. The summed E-state index contributed by atoms with van der Waals surface area (Å²) in [5, 5.41) is 0. The van der Waals surface area contributed by atoms with Gasteiger partial charge in [-0.1, -0.05) is 18.7 Å². The molecule has 0 fully saturated rings. The SMILES string of the molecule is C=CC(C)=CC[n+]1ccccc1C. The van der Waals surface area contributed by atoms with E-state index < -0.39 is 0 Å². The number of hydrogen-bond donors (Lipinski definition) is 0. The van der Waals surface area contributed by atoms with Gasteiger partial charge >= 0.3 is 0 Å². The van der Waals surface area contributed by atoms with Crippen LogP contribution < -0.4 is 4.57 Å². The molecule has 0 unspecified atom stereocenters. The van der Waals surface area contributed by atoms with Crippen molar-refractivity contribution in [3.05, 3.63) is 54.4 Å². The molecular weight excluding hydrogens is 158 g/mol. The van der Waals surface area contributed by atoms with Crippen molar-refractivity contribution in [2.24, 2.45) is 0 Å². The molecular formula is C12H16N+. The Kier molecular flexibility index (Phi) is 3.44. The second-order valence-electron chi connectivity index (χ2n) is 3.15. The number of nitrogens with zero attached hydrogens (tertiary/aromatic N) is 1. The maximum atomic E-state index is 3.72. The summed E-state index contributed by atoms with van der Waals surface area (Å²) in [5.41, 5.74) is 2.49. The number of rotatable bonds is 3. The van der Waals surface area contributed by atoms with Crippen LogP contribution in [0.2, 0.25) is 0 Å². The van der Waals surface area contributed by atoms with Gasteiger partial charge in [-0.25, -0.2) is 0 Å². The highest BCUT2D eigenvalue weighted by Gasteiger charge is 2.00. The molecule has 0 amide bonds. The van der Waals surface area contributed by atoms with Crippen LogP contribution in [0.3, 0.4) is 0 Å². The van der Waals surface area contributed by atoms with Crippen molar-refractivity contribution in [1.82, 2.24) is 0 Å². The molecule has 0 spiro atoms. The van der Waals surface area contributed by atoms with Gasteiger partial charge in [-0.05, 0) is 18.6 Å². The molecule has 1 rings (SSSR count). The molecule has 1 nitrogen and oxygen atoms in total. The number of pyridine rings is 1. The molecule has 1 aromatic heterocycles. The van der Waals surface area contributed by atoms with Crippen molar-refractivity contribution in [3.63, 3.8) is 0 Å². The van der Waals surface area contributed by atoms with Gasteiger partial charge in [0.1, 0.15) is 0 Å². The summed E-state index contributed by atoms with van der Waals surface area (Å²) in [6.45, 7) is 8.81. The van der Waals surface area contributed by atoms with Crippen LogP contribution in [-0.2, 0) is 6.54 Å². The highest BCUT2D eigenvalue weighted by Crippen LogP contribution is 1.93. The minimum absolute atomic E-state index is 0.921. The first-order chi connectivity index (χ1) is 6.24. The van der Waals surface area contributed by atoms with Gasteiger partial charge in [-0.15, -0.1) is 0 Å². The minimum Gasteiger partial charge on any atom is -0.199 e. The molecule has 1 aromatic rings. The Balaban J connectivity index is 2.75. The molecule has 1 heteroatoms. The van der Waals surface area contributed by atoms with Gasteiger partial charge in [0.2, 0.25) is 0 Å². The topological polar surface area (TPSA) is 3.88 Å².